The van der Waals surface area contributed by atoms with Gasteiger partial charge in [0, 0.05) is 65.4 Å². The highest BCUT2D eigenvalue weighted by molar-refractivity contribution is 7.79. The predicted octanol–water partition coefficient (Wildman–Crippen LogP) is 7.50. The maximum Gasteiger partial charge on any atom is 0.303 e. The van der Waals surface area contributed by atoms with Gasteiger partial charge < -0.3 is 24.2 Å². The number of unbranched alkanes of at least 4 members (excludes halogenated alkanes) is 3. The minimum Gasteiger partial charge on any atom is -0.506 e. The SMILES string of the molecule is CC1(CCCCOO)C(=CC=C2C(=O)C(C=CC3=[N+](CCCCS(=O)O)c4ccccc4C3(C)CCCC(=O)O)=C2O)N(CCCCS(=O)O)c2ccccc21. The van der Waals surface area contributed by atoms with Gasteiger partial charge in [-0.25, -0.2) is 13.3 Å². The summed E-state index contributed by atoms with van der Waals surface area (Å²) < 4.78 is 43.4. The third-order valence-electron chi connectivity index (χ3n) is 11.2. The first-order chi connectivity index (χ1) is 26.8. The van der Waals surface area contributed by atoms with Crippen LogP contribution in [0.25, 0.3) is 0 Å². The third-order valence-corrected chi connectivity index (χ3v) is 12.5. The van der Waals surface area contributed by atoms with Gasteiger partial charge >= 0.3 is 5.97 Å². The standard InChI is InChI=1S/C42H52N2O10S2/c1-41(23-7-10-27-54-49)32-14-3-5-16-34(32)43(25-8-11-28-55(50)51)36(41)21-19-30-39(47)31(40(30)48)20-22-37-42(2,24-13-18-38(45)46)33-15-4-6-17-35(33)44(37)26-9-12-29-56(52)53/h3-6,14-17,19-22H,7-13,18,23-29H2,1-2H3,(H4,45,46,49,50,51,52,53)/p+1. The number of hydrogen-bond donors (Lipinski definition) is 5. The molecule has 12 nitrogen and oxygen atoms in total. The van der Waals surface area contributed by atoms with Gasteiger partial charge in [-0.2, -0.15) is 4.58 Å². The van der Waals surface area contributed by atoms with Crippen molar-refractivity contribution < 1.29 is 52.0 Å². The number of carbonyl (C=O) groups is 2. The van der Waals surface area contributed by atoms with Gasteiger partial charge in [0.05, 0.1) is 23.2 Å². The van der Waals surface area contributed by atoms with Gasteiger partial charge in [-0.15, -0.1) is 0 Å². The van der Waals surface area contributed by atoms with Gasteiger partial charge in [-0.1, -0.05) is 36.4 Å². The van der Waals surface area contributed by atoms with Crippen molar-refractivity contribution in [3.8, 4) is 0 Å². The van der Waals surface area contributed by atoms with Crippen LogP contribution < -0.4 is 4.90 Å². The Balaban J connectivity index is 1.49. The van der Waals surface area contributed by atoms with E-state index in [1.807, 2.05) is 54.6 Å². The zero-order valence-electron chi connectivity index (χ0n) is 32.0. The van der Waals surface area contributed by atoms with Crippen molar-refractivity contribution in [2.45, 2.75) is 88.9 Å². The number of para-hydroxylation sites is 2. The number of hydrogen-bond acceptors (Lipinski definition) is 8. The van der Waals surface area contributed by atoms with Gasteiger partial charge in [0.25, 0.3) is 0 Å². The number of carboxylic acid groups (broad SMARTS) is 1. The molecule has 0 radical (unpaired) electrons. The molecule has 2 aromatic carbocycles. The van der Waals surface area contributed by atoms with Crippen molar-refractivity contribution in [1.29, 1.82) is 0 Å². The first-order valence-electron chi connectivity index (χ1n) is 19.2. The average Bonchev–Trinajstić information content (AvgIpc) is 3.54. The van der Waals surface area contributed by atoms with Crippen LogP contribution in [0.5, 0.6) is 0 Å². The van der Waals surface area contributed by atoms with Crippen molar-refractivity contribution in [3.63, 3.8) is 0 Å². The molecule has 3 aliphatic rings. The Kier molecular flexibility index (Phi) is 14.9. The Morgan fingerprint density at radius 3 is 2.18 bits per heavy atom. The van der Waals surface area contributed by atoms with Crippen molar-refractivity contribution in [3.05, 3.63) is 107 Å². The summed E-state index contributed by atoms with van der Waals surface area (Å²) in [4.78, 5) is 31.7. The van der Waals surface area contributed by atoms with E-state index in [0.717, 1.165) is 46.8 Å². The summed E-state index contributed by atoms with van der Waals surface area (Å²) in [6.45, 7) is 5.55. The van der Waals surface area contributed by atoms with E-state index in [2.05, 4.69) is 34.3 Å². The number of carbonyl (C=O) groups excluding carboxylic acids is 1. The van der Waals surface area contributed by atoms with E-state index in [4.69, 9.17) is 5.26 Å². The second-order valence-electron chi connectivity index (χ2n) is 14.9. The second-order valence-corrected chi connectivity index (χ2v) is 17.0. The molecular formula is C42H53N2O10S2+. The molecule has 0 spiro atoms. The molecule has 0 saturated heterocycles. The van der Waals surface area contributed by atoms with E-state index in [-0.39, 0.29) is 47.2 Å². The van der Waals surface area contributed by atoms with Crippen molar-refractivity contribution >= 4 is 51.0 Å². The van der Waals surface area contributed by atoms with Crippen LogP contribution in [-0.4, -0.2) is 86.2 Å². The molecule has 0 saturated carbocycles. The smallest absolute Gasteiger partial charge is 0.303 e. The predicted molar refractivity (Wildman–Crippen MR) is 218 cm³/mol. The van der Waals surface area contributed by atoms with Crippen LogP contribution in [0.4, 0.5) is 11.4 Å². The van der Waals surface area contributed by atoms with Gasteiger partial charge in [0.2, 0.25) is 11.5 Å². The minimum atomic E-state index is -1.90. The highest BCUT2D eigenvalue weighted by atomic mass is 32.2. The molecular weight excluding hydrogens is 757 g/mol. The van der Waals surface area contributed by atoms with Gasteiger partial charge in [0.15, 0.2) is 27.9 Å². The van der Waals surface area contributed by atoms with Crippen molar-refractivity contribution in [2.75, 3.05) is 36.1 Å². The lowest BCUT2D eigenvalue weighted by Gasteiger charge is -2.31. The van der Waals surface area contributed by atoms with Gasteiger partial charge in [-0.3, -0.25) is 14.8 Å². The summed E-state index contributed by atoms with van der Waals surface area (Å²) in [6, 6.07) is 16.0. The summed E-state index contributed by atoms with van der Waals surface area (Å²) in [7, 11) is 0. The summed E-state index contributed by atoms with van der Waals surface area (Å²) in [5, 5.41) is 29.7. The molecule has 1 aliphatic carbocycles. The van der Waals surface area contributed by atoms with E-state index < -0.39 is 39.0 Å². The summed E-state index contributed by atoms with van der Waals surface area (Å²) in [5.41, 5.74) is 5.19. The number of nitrogens with zero attached hydrogens (tertiary/aromatic N) is 2. The number of ketones is 1. The van der Waals surface area contributed by atoms with E-state index in [1.165, 1.54) is 0 Å². The normalized spacial score (nSPS) is 23.0. The van der Waals surface area contributed by atoms with E-state index in [9.17, 15) is 37.3 Å². The summed E-state index contributed by atoms with van der Waals surface area (Å²) >= 11 is -3.78. The Labute approximate surface area is 333 Å². The molecule has 2 aromatic rings. The fourth-order valence-corrected chi connectivity index (χ4v) is 9.25. The number of Topliss-reactive ketones (excluding diaryl/α,β-unsaturated/α-hetero) is 1. The Hall–Kier alpha value is -4.05. The van der Waals surface area contributed by atoms with Gasteiger partial charge in [-0.05, 0) is 95.1 Å². The van der Waals surface area contributed by atoms with Crippen LogP contribution in [0, 0.1) is 0 Å². The Morgan fingerprint density at radius 1 is 0.839 bits per heavy atom. The molecule has 0 amide bonds. The van der Waals surface area contributed by atoms with Crippen LogP contribution in [0.2, 0.25) is 0 Å². The van der Waals surface area contributed by atoms with Crippen LogP contribution in [0.15, 0.2) is 95.4 Å². The summed E-state index contributed by atoms with van der Waals surface area (Å²) in [6.07, 6.45) is 12.5. The molecule has 0 fully saturated rings. The van der Waals surface area contributed by atoms with Crippen LogP contribution in [-0.2, 0) is 47.5 Å². The Bertz CT molecular complexity index is 2000. The monoisotopic (exact) mass is 809 g/mol. The van der Waals surface area contributed by atoms with Crippen molar-refractivity contribution in [1.82, 2.24) is 0 Å². The molecule has 0 aromatic heterocycles. The molecule has 5 N–H and O–H groups in total. The zero-order chi connectivity index (χ0) is 40.5. The minimum absolute atomic E-state index is 0.00730. The van der Waals surface area contributed by atoms with Crippen LogP contribution >= 0.6 is 0 Å². The highest BCUT2D eigenvalue weighted by Crippen LogP contribution is 2.51. The number of anilines is 1. The number of allylic oxidation sites excluding steroid dienone is 7. The molecule has 4 unspecified atom stereocenters. The number of aliphatic hydroxyl groups is 1. The summed E-state index contributed by atoms with van der Waals surface area (Å²) in [5.74, 6) is -0.985. The molecule has 2 aliphatic heterocycles. The maximum absolute atomic E-state index is 13.7. The van der Waals surface area contributed by atoms with Gasteiger partial charge in [0.1, 0.15) is 12.3 Å². The number of aliphatic carboxylic acids is 1. The Morgan fingerprint density at radius 2 is 1.50 bits per heavy atom. The first kappa shape index (κ1) is 43.1. The first-order valence-corrected chi connectivity index (χ1v) is 21.7. The molecule has 14 heteroatoms. The number of rotatable bonds is 22. The molecule has 4 atom stereocenters. The lowest BCUT2D eigenvalue weighted by atomic mass is 9.75. The fourth-order valence-electron chi connectivity index (χ4n) is 8.34. The molecule has 2 heterocycles. The quantitative estimate of drug-likeness (QED) is 0.0198. The lowest BCUT2D eigenvalue weighted by Crippen LogP contribution is -2.32. The van der Waals surface area contributed by atoms with E-state index >= 15 is 0 Å². The number of aliphatic hydroxyl groups excluding tert-OH is 1. The largest absolute Gasteiger partial charge is 0.506 e. The number of benzene rings is 2. The zero-order valence-corrected chi connectivity index (χ0v) is 33.7. The van der Waals surface area contributed by atoms with E-state index in [0.29, 0.717) is 58.0 Å². The lowest BCUT2D eigenvalue weighted by molar-refractivity contribution is -0.438. The molecule has 56 heavy (non-hydrogen) atoms. The van der Waals surface area contributed by atoms with Crippen LogP contribution in [0.1, 0.15) is 89.2 Å². The number of fused-ring (bicyclic) bond motifs is 2. The maximum atomic E-state index is 13.7. The van der Waals surface area contributed by atoms with Crippen molar-refractivity contribution in [2.24, 2.45) is 0 Å². The fraction of sp³-hybridized carbons (Fsp3) is 0.452. The average molecular weight is 810 g/mol. The van der Waals surface area contributed by atoms with E-state index in [1.54, 1.807) is 12.2 Å². The highest BCUT2D eigenvalue weighted by Gasteiger charge is 2.47. The van der Waals surface area contributed by atoms with Crippen LogP contribution in [0.3, 0.4) is 0 Å². The molecule has 0 bridgehead atoms. The molecule has 5 rings (SSSR count). The number of carboxylic acids is 1. The topological polar surface area (TPSA) is 185 Å². The third kappa shape index (κ3) is 9.55. The molecule has 302 valence electrons. The second kappa shape index (κ2) is 19.4.